The van der Waals surface area contributed by atoms with Crippen LogP contribution in [0.2, 0.25) is 0 Å². The summed E-state index contributed by atoms with van der Waals surface area (Å²) in [5.41, 5.74) is 4.08. The number of nitrogens with one attached hydrogen (secondary N) is 2. The average Bonchev–Trinajstić information content (AvgIpc) is 2.74. The summed E-state index contributed by atoms with van der Waals surface area (Å²) < 4.78 is 5.39. The Hall–Kier alpha value is -0.870. The molecule has 1 fully saturated rings. The molecule has 15 heavy (non-hydrogen) atoms. The third kappa shape index (κ3) is 1.68. The fourth-order valence-corrected chi connectivity index (χ4v) is 2.58. The lowest BCUT2D eigenvalue weighted by molar-refractivity contribution is 0.0843. The van der Waals surface area contributed by atoms with Crippen LogP contribution in [0, 0.1) is 0 Å². The van der Waals surface area contributed by atoms with Crippen LogP contribution in [0.15, 0.2) is 0 Å². The van der Waals surface area contributed by atoms with Crippen molar-refractivity contribution in [3.63, 3.8) is 0 Å². The van der Waals surface area contributed by atoms with Crippen molar-refractivity contribution < 1.29 is 4.74 Å². The zero-order valence-corrected chi connectivity index (χ0v) is 8.88. The van der Waals surface area contributed by atoms with Gasteiger partial charge < -0.3 is 10.1 Å². The summed E-state index contributed by atoms with van der Waals surface area (Å²) in [6.07, 6.45) is 3.38. The lowest BCUT2D eigenvalue weighted by atomic mass is 9.91. The largest absolute Gasteiger partial charge is 0.381 e. The number of aromatic nitrogens is 2. The molecule has 0 amide bonds. The van der Waals surface area contributed by atoms with Gasteiger partial charge in [-0.2, -0.15) is 5.10 Å². The second-order valence-electron chi connectivity index (χ2n) is 4.38. The molecule has 2 N–H and O–H groups in total. The molecular weight excluding hydrogens is 190 g/mol. The second-order valence-corrected chi connectivity index (χ2v) is 4.38. The monoisotopic (exact) mass is 207 g/mol. The van der Waals surface area contributed by atoms with Gasteiger partial charge in [0.15, 0.2) is 0 Å². The molecule has 0 atom stereocenters. The third-order valence-corrected chi connectivity index (χ3v) is 3.45. The Morgan fingerprint density at radius 2 is 2.13 bits per heavy atom. The molecule has 0 bridgehead atoms. The lowest BCUT2D eigenvalue weighted by Gasteiger charge is -2.22. The minimum Gasteiger partial charge on any atom is -0.381 e. The van der Waals surface area contributed by atoms with Gasteiger partial charge in [-0.25, -0.2) is 0 Å². The van der Waals surface area contributed by atoms with Crippen LogP contribution < -0.4 is 5.32 Å². The molecule has 3 heterocycles. The van der Waals surface area contributed by atoms with Gasteiger partial charge in [0.1, 0.15) is 0 Å². The van der Waals surface area contributed by atoms with Crippen molar-refractivity contribution in [2.24, 2.45) is 0 Å². The van der Waals surface area contributed by atoms with E-state index in [-0.39, 0.29) is 0 Å². The van der Waals surface area contributed by atoms with Crippen molar-refractivity contribution in [1.82, 2.24) is 15.5 Å². The average molecular weight is 207 g/mol. The smallest absolute Gasteiger partial charge is 0.0690 e. The van der Waals surface area contributed by atoms with E-state index in [0.29, 0.717) is 5.92 Å². The first kappa shape index (κ1) is 9.36. The zero-order chi connectivity index (χ0) is 10.1. The molecule has 82 valence electrons. The van der Waals surface area contributed by atoms with Gasteiger partial charge in [0, 0.05) is 25.7 Å². The summed E-state index contributed by atoms with van der Waals surface area (Å²) in [6, 6.07) is 0. The molecule has 0 spiro atoms. The lowest BCUT2D eigenvalue weighted by Crippen LogP contribution is -2.24. The van der Waals surface area contributed by atoms with Gasteiger partial charge in [-0.1, -0.05) is 0 Å². The molecule has 2 aliphatic rings. The first-order chi connectivity index (χ1) is 7.45. The van der Waals surface area contributed by atoms with E-state index in [1.54, 1.807) is 0 Å². The summed E-state index contributed by atoms with van der Waals surface area (Å²) in [7, 11) is 0. The van der Waals surface area contributed by atoms with Crippen LogP contribution in [-0.4, -0.2) is 30.0 Å². The van der Waals surface area contributed by atoms with E-state index in [1.165, 1.54) is 17.0 Å². The number of ether oxygens (including phenoxy) is 1. The van der Waals surface area contributed by atoms with E-state index in [1.807, 2.05) is 0 Å². The van der Waals surface area contributed by atoms with E-state index < -0.39 is 0 Å². The molecule has 3 rings (SSSR count). The normalized spacial score (nSPS) is 22.7. The fourth-order valence-electron chi connectivity index (χ4n) is 2.58. The summed E-state index contributed by atoms with van der Waals surface area (Å²) in [4.78, 5) is 0. The van der Waals surface area contributed by atoms with Crippen molar-refractivity contribution in [3.05, 3.63) is 17.0 Å². The number of hydrogen-bond acceptors (Lipinski definition) is 3. The summed E-state index contributed by atoms with van der Waals surface area (Å²) >= 11 is 0. The Balaban J connectivity index is 1.87. The third-order valence-electron chi connectivity index (χ3n) is 3.45. The van der Waals surface area contributed by atoms with Crippen LogP contribution in [0.25, 0.3) is 0 Å². The van der Waals surface area contributed by atoms with E-state index in [0.717, 1.165) is 45.6 Å². The van der Waals surface area contributed by atoms with Crippen molar-refractivity contribution in [3.8, 4) is 0 Å². The summed E-state index contributed by atoms with van der Waals surface area (Å²) in [5, 5.41) is 11.0. The topological polar surface area (TPSA) is 49.9 Å². The molecule has 0 radical (unpaired) electrons. The molecule has 0 saturated carbocycles. The predicted molar refractivity (Wildman–Crippen MR) is 56.8 cm³/mol. The molecule has 1 aromatic heterocycles. The van der Waals surface area contributed by atoms with Crippen molar-refractivity contribution in [2.45, 2.75) is 31.7 Å². The molecule has 0 unspecified atom stereocenters. The number of rotatable bonds is 1. The Morgan fingerprint density at radius 1 is 1.27 bits per heavy atom. The van der Waals surface area contributed by atoms with Crippen molar-refractivity contribution in [2.75, 3.05) is 19.8 Å². The van der Waals surface area contributed by atoms with Crippen molar-refractivity contribution >= 4 is 0 Å². The fraction of sp³-hybridized carbons (Fsp3) is 0.727. The first-order valence-corrected chi connectivity index (χ1v) is 5.79. The van der Waals surface area contributed by atoms with Crippen LogP contribution in [0.1, 0.15) is 35.7 Å². The van der Waals surface area contributed by atoms with E-state index in [9.17, 15) is 0 Å². The molecule has 4 heteroatoms. The second kappa shape index (κ2) is 3.94. The zero-order valence-electron chi connectivity index (χ0n) is 8.88. The molecule has 0 aliphatic carbocycles. The maximum Gasteiger partial charge on any atom is 0.0690 e. The molecule has 4 nitrogen and oxygen atoms in total. The van der Waals surface area contributed by atoms with Crippen LogP contribution >= 0.6 is 0 Å². The van der Waals surface area contributed by atoms with Crippen LogP contribution in [-0.2, 0) is 17.7 Å². The summed E-state index contributed by atoms with van der Waals surface area (Å²) in [6.45, 7) is 3.82. The van der Waals surface area contributed by atoms with Crippen LogP contribution in [0.4, 0.5) is 0 Å². The number of hydrogen-bond donors (Lipinski definition) is 2. The van der Waals surface area contributed by atoms with Crippen molar-refractivity contribution in [1.29, 1.82) is 0 Å². The number of fused-ring (bicyclic) bond motifs is 1. The highest BCUT2D eigenvalue weighted by atomic mass is 16.5. The highest BCUT2D eigenvalue weighted by Crippen LogP contribution is 2.30. The molecule has 1 saturated heterocycles. The first-order valence-electron chi connectivity index (χ1n) is 5.79. The quantitative estimate of drug-likeness (QED) is 0.721. The number of nitrogens with zero attached hydrogens (tertiary/aromatic N) is 1. The Labute approximate surface area is 89.4 Å². The standard InChI is InChI=1S/C11H17N3O/c1-4-12-7-10-9(1)11(14-13-10)8-2-5-15-6-3-8/h8,12H,1-7H2,(H,13,14). The van der Waals surface area contributed by atoms with Gasteiger partial charge >= 0.3 is 0 Å². The van der Waals surface area contributed by atoms with E-state index in [2.05, 4.69) is 15.5 Å². The minimum absolute atomic E-state index is 0.622. The summed E-state index contributed by atoms with van der Waals surface area (Å²) in [5.74, 6) is 0.622. The Morgan fingerprint density at radius 3 is 3.00 bits per heavy atom. The SMILES string of the molecule is C1Cc2c(C3CCOCC3)n[nH]c2CN1. The Bertz CT molecular complexity index is 342. The molecule has 0 aromatic carbocycles. The minimum atomic E-state index is 0.622. The van der Waals surface area contributed by atoms with E-state index >= 15 is 0 Å². The molecule has 2 aliphatic heterocycles. The van der Waals surface area contributed by atoms with Crippen LogP contribution in [0.3, 0.4) is 0 Å². The Kier molecular flexibility index (Phi) is 2.46. The predicted octanol–water partition coefficient (Wildman–Crippen LogP) is 0.949. The highest BCUT2D eigenvalue weighted by molar-refractivity contribution is 5.30. The van der Waals surface area contributed by atoms with Gasteiger partial charge in [-0.05, 0) is 31.4 Å². The number of aromatic amines is 1. The van der Waals surface area contributed by atoms with Gasteiger partial charge in [0.25, 0.3) is 0 Å². The van der Waals surface area contributed by atoms with Crippen LogP contribution in [0.5, 0.6) is 0 Å². The van der Waals surface area contributed by atoms with Gasteiger partial charge in [-0.3, -0.25) is 5.10 Å². The number of H-pyrrole nitrogens is 1. The molecule has 1 aromatic rings. The highest BCUT2D eigenvalue weighted by Gasteiger charge is 2.24. The molecular formula is C11H17N3O. The maximum atomic E-state index is 5.39. The van der Waals surface area contributed by atoms with Gasteiger partial charge in [0.2, 0.25) is 0 Å². The van der Waals surface area contributed by atoms with Gasteiger partial charge in [0.05, 0.1) is 11.4 Å². The van der Waals surface area contributed by atoms with E-state index in [4.69, 9.17) is 4.74 Å². The maximum absolute atomic E-state index is 5.39. The van der Waals surface area contributed by atoms with Gasteiger partial charge in [-0.15, -0.1) is 0 Å².